The molecule has 0 saturated carbocycles. The summed E-state index contributed by atoms with van der Waals surface area (Å²) in [5, 5.41) is 1.22. The number of nitrogen functional groups attached to an aromatic ring is 1. The first-order valence-electron chi connectivity index (χ1n) is 3.89. The molecule has 4 heteroatoms. The van der Waals surface area contributed by atoms with Crippen molar-refractivity contribution >= 4 is 29.0 Å². The van der Waals surface area contributed by atoms with Gasteiger partial charge in [-0.2, -0.15) is 4.68 Å². The van der Waals surface area contributed by atoms with Crippen LogP contribution < -0.4 is 10.4 Å². The van der Waals surface area contributed by atoms with Crippen LogP contribution in [0.4, 0.5) is 5.69 Å². The molecule has 0 saturated heterocycles. The summed E-state index contributed by atoms with van der Waals surface area (Å²) in [5.41, 5.74) is 7.65. The molecule has 0 unspecified atom stereocenters. The molecule has 2 rings (SSSR count). The summed E-state index contributed by atoms with van der Waals surface area (Å²) in [5.74, 6) is 0. The SMILES string of the molecule is Cl.Cn1c2cc(N)ccc2c[n+]1C. The number of hydrogen-bond donors (Lipinski definition) is 1. The molecule has 1 aromatic heterocycles. The molecule has 2 aromatic rings. The van der Waals surface area contributed by atoms with E-state index in [9.17, 15) is 0 Å². The van der Waals surface area contributed by atoms with Crippen LogP contribution in [-0.4, -0.2) is 4.68 Å². The molecule has 0 fully saturated rings. The van der Waals surface area contributed by atoms with Gasteiger partial charge in [0, 0.05) is 5.69 Å². The third kappa shape index (κ3) is 1.47. The second-order valence-electron chi connectivity index (χ2n) is 3.04. The van der Waals surface area contributed by atoms with Crippen molar-refractivity contribution in [1.29, 1.82) is 0 Å². The lowest BCUT2D eigenvalue weighted by molar-refractivity contribution is -0.748. The number of nitrogens with zero attached hydrogens (tertiary/aromatic N) is 2. The number of aromatic nitrogens is 2. The molecule has 3 nitrogen and oxygen atoms in total. The van der Waals surface area contributed by atoms with Crippen LogP contribution in [0.1, 0.15) is 0 Å². The number of nitrogens with two attached hydrogens (primary N) is 1. The lowest BCUT2D eigenvalue weighted by atomic mass is 10.2. The monoisotopic (exact) mass is 198 g/mol. The third-order valence-corrected chi connectivity index (χ3v) is 2.20. The van der Waals surface area contributed by atoms with Crippen molar-refractivity contribution in [3.63, 3.8) is 0 Å². The Bertz CT molecular complexity index is 434. The zero-order valence-corrected chi connectivity index (χ0v) is 8.51. The van der Waals surface area contributed by atoms with Crippen LogP contribution in [0.15, 0.2) is 24.4 Å². The highest BCUT2D eigenvalue weighted by Gasteiger charge is 2.07. The molecule has 70 valence electrons. The quantitative estimate of drug-likeness (QED) is 0.498. The Morgan fingerprint density at radius 3 is 2.77 bits per heavy atom. The maximum absolute atomic E-state index is 5.68. The van der Waals surface area contributed by atoms with E-state index >= 15 is 0 Å². The summed E-state index contributed by atoms with van der Waals surface area (Å²) in [4.78, 5) is 0. The van der Waals surface area contributed by atoms with Crippen molar-refractivity contribution < 1.29 is 4.68 Å². The summed E-state index contributed by atoms with van der Waals surface area (Å²) in [6.07, 6.45) is 2.08. The van der Waals surface area contributed by atoms with Gasteiger partial charge in [0.25, 0.3) is 0 Å². The molecular weight excluding hydrogens is 186 g/mol. The minimum absolute atomic E-state index is 0. The molecule has 2 N–H and O–H groups in total. The minimum atomic E-state index is 0. The van der Waals surface area contributed by atoms with E-state index in [2.05, 4.69) is 10.9 Å². The average Bonchev–Trinajstić information content (AvgIpc) is 2.31. The van der Waals surface area contributed by atoms with Gasteiger partial charge in [-0.1, -0.05) is 0 Å². The summed E-state index contributed by atoms with van der Waals surface area (Å²) >= 11 is 0. The molecule has 1 aromatic carbocycles. The lowest BCUT2D eigenvalue weighted by Gasteiger charge is -1.93. The lowest BCUT2D eigenvalue weighted by Crippen LogP contribution is -2.35. The number of anilines is 1. The van der Waals surface area contributed by atoms with E-state index in [1.165, 1.54) is 5.39 Å². The maximum atomic E-state index is 5.68. The van der Waals surface area contributed by atoms with Crippen molar-refractivity contribution in [3.8, 4) is 0 Å². The van der Waals surface area contributed by atoms with Crippen LogP contribution in [0.25, 0.3) is 10.9 Å². The Kier molecular flexibility index (Phi) is 2.48. The fraction of sp³-hybridized carbons (Fsp3) is 0.222. The van der Waals surface area contributed by atoms with Gasteiger partial charge in [0.15, 0.2) is 7.05 Å². The van der Waals surface area contributed by atoms with Crippen molar-refractivity contribution in [3.05, 3.63) is 24.4 Å². The Morgan fingerprint density at radius 1 is 1.38 bits per heavy atom. The molecule has 0 atom stereocenters. The van der Waals surface area contributed by atoms with Gasteiger partial charge in [0.2, 0.25) is 6.20 Å². The molecule has 0 amide bonds. The fourth-order valence-corrected chi connectivity index (χ4v) is 1.41. The first-order chi connectivity index (χ1) is 5.68. The first-order valence-corrected chi connectivity index (χ1v) is 3.89. The fourth-order valence-electron chi connectivity index (χ4n) is 1.41. The molecule has 0 spiro atoms. The highest BCUT2D eigenvalue weighted by Crippen LogP contribution is 2.14. The predicted molar refractivity (Wildman–Crippen MR) is 55.8 cm³/mol. The van der Waals surface area contributed by atoms with Crippen molar-refractivity contribution in [2.24, 2.45) is 14.1 Å². The Balaban J connectivity index is 0.000000845. The topological polar surface area (TPSA) is 34.8 Å². The Morgan fingerprint density at radius 2 is 2.08 bits per heavy atom. The largest absolute Gasteiger partial charge is 0.399 e. The van der Waals surface area contributed by atoms with E-state index in [0.29, 0.717) is 0 Å². The van der Waals surface area contributed by atoms with Gasteiger partial charge in [-0.15, -0.1) is 17.1 Å². The minimum Gasteiger partial charge on any atom is -0.399 e. The van der Waals surface area contributed by atoms with Gasteiger partial charge in [-0.25, -0.2) is 0 Å². The van der Waals surface area contributed by atoms with Crippen molar-refractivity contribution in [2.45, 2.75) is 0 Å². The van der Waals surface area contributed by atoms with E-state index in [4.69, 9.17) is 5.73 Å². The molecule has 0 bridgehead atoms. The van der Waals surface area contributed by atoms with Crippen LogP contribution in [0.5, 0.6) is 0 Å². The van der Waals surface area contributed by atoms with Crippen LogP contribution in [-0.2, 0) is 14.1 Å². The van der Waals surface area contributed by atoms with Gasteiger partial charge >= 0.3 is 0 Å². The number of hydrogen-bond acceptors (Lipinski definition) is 1. The van der Waals surface area contributed by atoms with Crippen LogP contribution in [0.2, 0.25) is 0 Å². The van der Waals surface area contributed by atoms with Crippen LogP contribution in [0, 0.1) is 0 Å². The number of halogens is 1. The summed E-state index contributed by atoms with van der Waals surface area (Å²) in [7, 11) is 4.03. The summed E-state index contributed by atoms with van der Waals surface area (Å²) < 4.78 is 4.09. The van der Waals surface area contributed by atoms with Crippen LogP contribution >= 0.6 is 12.4 Å². The molecule has 1 heterocycles. The van der Waals surface area contributed by atoms with E-state index in [-0.39, 0.29) is 12.4 Å². The molecule has 0 aliphatic carbocycles. The molecule has 0 aliphatic rings. The van der Waals surface area contributed by atoms with E-state index in [1.807, 2.05) is 37.0 Å². The summed E-state index contributed by atoms with van der Waals surface area (Å²) in [6.45, 7) is 0. The second-order valence-corrected chi connectivity index (χ2v) is 3.04. The van der Waals surface area contributed by atoms with E-state index < -0.39 is 0 Å². The Hall–Kier alpha value is -1.22. The van der Waals surface area contributed by atoms with E-state index in [1.54, 1.807) is 0 Å². The number of benzene rings is 1. The van der Waals surface area contributed by atoms with Gasteiger partial charge in [0.1, 0.15) is 5.52 Å². The highest BCUT2D eigenvalue weighted by atomic mass is 35.5. The van der Waals surface area contributed by atoms with Gasteiger partial charge in [0.05, 0.1) is 12.4 Å². The molecule has 13 heavy (non-hydrogen) atoms. The smallest absolute Gasteiger partial charge is 0.203 e. The third-order valence-electron chi connectivity index (χ3n) is 2.20. The maximum Gasteiger partial charge on any atom is 0.203 e. The van der Waals surface area contributed by atoms with Crippen LogP contribution in [0.3, 0.4) is 0 Å². The first kappa shape index (κ1) is 9.86. The summed E-state index contributed by atoms with van der Waals surface area (Å²) in [6, 6.07) is 5.93. The molecule has 0 radical (unpaired) electrons. The molecular formula is C9H13ClN3+. The molecule has 0 aliphatic heterocycles. The van der Waals surface area contributed by atoms with Crippen molar-refractivity contribution in [2.75, 3.05) is 5.73 Å². The highest BCUT2D eigenvalue weighted by molar-refractivity contribution is 5.85. The second kappa shape index (κ2) is 3.26. The predicted octanol–water partition coefficient (Wildman–Crippen LogP) is 1.01. The van der Waals surface area contributed by atoms with Gasteiger partial charge in [-0.3, -0.25) is 0 Å². The van der Waals surface area contributed by atoms with Gasteiger partial charge in [-0.05, 0) is 18.2 Å². The standard InChI is InChI=1S/C9H11N3.ClH/c1-11-6-7-3-4-8(10)5-9(7)12(11)2;/h3-6,10H,1-2H3;1H/p+1. The van der Waals surface area contributed by atoms with Crippen molar-refractivity contribution in [1.82, 2.24) is 4.68 Å². The number of aryl methyl sites for hydroxylation is 2. The van der Waals surface area contributed by atoms with E-state index in [0.717, 1.165) is 11.2 Å². The number of fused-ring (bicyclic) bond motifs is 1. The zero-order valence-electron chi connectivity index (χ0n) is 7.69. The number of rotatable bonds is 0. The van der Waals surface area contributed by atoms with Gasteiger partial charge < -0.3 is 5.73 Å². The normalized spacial score (nSPS) is 10.0. The average molecular weight is 199 g/mol. The zero-order chi connectivity index (χ0) is 8.72. The Labute approximate surface area is 83.2 Å².